The summed E-state index contributed by atoms with van der Waals surface area (Å²) in [5.74, 6) is -0.130. The zero-order chi connectivity index (χ0) is 15.8. The maximum atomic E-state index is 12.1. The maximum absolute atomic E-state index is 12.1. The molecule has 1 rings (SSSR count). The fraction of sp³-hybridized carbons (Fsp3) is 0.867. The number of amides is 2. The standard InChI is InChI=1S/C15H29N3O3/c1-12(2)11-17-7-9-18(10-8-17)15(21)16-13(3)5-4-6-14(19)20/h12-13H,4-11H2,1-3H3,(H,16,21)(H,19,20). The monoisotopic (exact) mass is 299 g/mol. The minimum Gasteiger partial charge on any atom is -0.481 e. The zero-order valence-electron chi connectivity index (χ0n) is 13.5. The molecule has 0 spiro atoms. The van der Waals surface area contributed by atoms with Gasteiger partial charge in [-0.25, -0.2) is 4.79 Å². The Hall–Kier alpha value is -1.30. The number of hydrogen-bond acceptors (Lipinski definition) is 3. The predicted molar refractivity (Wildman–Crippen MR) is 82.3 cm³/mol. The van der Waals surface area contributed by atoms with Crippen molar-refractivity contribution in [3.8, 4) is 0 Å². The number of rotatable bonds is 7. The number of carbonyl (C=O) groups excluding carboxylic acids is 1. The molecule has 1 aliphatic rings. The summed E-state index contributed by atoms with van der Waals surface area (Å²) in [4.78, 5) is 26.8. The van der Waals surface area contributed by atoms with E-state index in [1.54, 1.807) is 0 Å². The second-order valence-electron chi connectivity index (χ2n) is 6.32. The molecule has 1 unspecified atom stereocenters. The maximum Gasteiger partial charge on any atom is 0.317 e. The molecule has 1 atom stereocenters. The van der Waals surface area contributed by atoms with Crippen LogP contribution in [-0.4, -0.2) is 65.7 Å². The zero-order valence-corrected chi connectivity index (χ0v) is 13.5. The van der Waals surface area contributed by atoms with Gasteiger partial charge in [-0.2, -0.15) is 0 Å². The highest BCUT2D eigenvalue weighted by Gasteiger charge is 2.22. The second-order valence-corrected chi connectivity index (χ2v) is 6.32. The third-order valence-electron chi connectivity index (χ3n) is 3.68. The van der Waals surface area contributed by atoms with Gasteiger partial charge in [-0.3, -0.25) is 9.69 Å². The third-order valence-corrected chi connectivity index (χ3v) is 3.68. The highest BCUT2D eigenvalue weighted by atomic mass is 16.4. The van der Waals surface area contributed by atoms with Crippen LogP contribution >= 0.6 is 0 Å². The number of carbonyl (C=O) groups is 2. The molecule has 1 fully saturated rings. The number of carboxylic acid groups (broad SMARTS) is 1. The van der Waals surface area contributed by atoms with E-state index in [9.17, 15) is 9.59 Å². The molecular weight excluding hydrogens is 270 g/mol. The Morgan fingerprint density at radius 1 is 1.14 bits per heavy atom. The van der Waals surface area contributed by atoms with Gasteiger partial charge in [-0.15, -0.1) is 0 Å². The van der Waals surface area contributed by atoms with Crippen molar-refractivity contribution in [2.75, 3.05) is 32.7 Å². The second kappa shape index (κ2) is 8.87. The van der Waals surface area contributed by atoms with Crippen molar-refractivity contribution in [2.45, 2.75) is 46.1 Å². The minimum atomic E-state index is -0.783. The number of hydrogen-bond donors (Lipinski definition) is 2. The predicted octanol–water partition coefficient (Wildman–Crippen LogP) is 1.61. The summed E-state index contributed by atoms with van der Waals surface area (Å²) in [6, 6.07) is -0.00688. The van der Waals surface area contributed by atoms with Gasteiger partial charge in [0.1, 0.15) is 0 Å². The average Bonchev–Trinajstić information content (AvgIpc) is 2.38. The fourth-order valence-electron chi connectivity index (χ4n) is 2.58. The van der Waals surface area contributed by atoms with Gasteiger partial charge >= 0.3 is 12.0 Å². The molecule has 2 N–H and O–H groups in total. The van der Waals surface area contributed by atoms with Crippen molar-refractivity contribution < 1.29 is 14.7 Å². The summed E-state index contributed by atoms with van der Waals surface area (Å²) in [5.41, 5.74) is 0. The Balaban J connectivity index is 2.22. The van der Waals surface area contributed by atoms with Crippen molar-refractivity contribution in [3.05, 3.63) is 0 Å². The smallest absolute Gasteiger partial charge is 0.317 e. The van der Waals surface area contributed by atoms with Gasteiger partial charge in [0.15, 0.2) is 0 Å². The van der Waals surface area contributed by atoms with Crippen molar-refractivity contribution in [2.24, 2.45) is 5.92 Å². The molecule has 1 saturated heterocycles. The summed E-state index contributed by atoms with van der Waals surface area (Å²) in [6.45, 7) is 10.8. The Morgan fingerprint density at radius 3 is 2.29 bits per heavy atom. The summed E-state index contributed by atoms with van der Waals surface area (Å²) < 4.78 is 0. The van der Waals surface area contributed by atoms with Crippen molar-refractivity contribution in [1.29, 1.82) is 0 Å². The molecule has 0 radical (unpaired) electrons. The van der Waals surface area contributed by atoms with Crippen LogP contribution in [0.25, 0.3) is 0 Å². The largest absolute Gasteiger partial charge is 0.481 e. The lowest BCUT2D eigenvalue weighted by Gasteiger charge is -2.36. The topological polar surface area (TPSA) is 72.9 Å². The van der Waals surface area contributed by atoms with Gasteiger partial charge in [0.05, 0.1) is 0 Å². The van der Waals surface area contributed by atoms with Crippen LogP contribution in [0.2, 0.25) is 0 Å². The molecule has 0 aromatic heterocycles. The van der Waals surface area contributed by atoms with Crippen LogP contribution in [0, 0.1) is 5.92 Å². The first kappa shape index (κ1) is 17.8. The normalized spacial score (nSPS) is 17.8. The Morgan fingerprint density at radius 2 is 1.76 bits per heavy atom. The number of aliphatic carboxylic acids is 1. The van der Waals surface area contributed by atoms with E-state index in [4.69, 9.17) is 5.11 Å². The Bertz CT molecular complexity index is 339. The van der Waals surface area contributed by atoms with Crippen LogP contribution in [0.5, 0.6) is 0 Å². The third kappa shape index (κ3) is 7.32. The molecule has 2 amide bonds. The molecule has 0 saturated carbocycles. The van der Waals surface area contributed by atoms with Crippen LogP contribution in [0.15, 0.2) is 0 Å². The van der Waals surface area contributed by atoms with Gasteiger partial charge in [0.2, 0.25) is 0 Å². The average molecular weight is 299 g/mol. The Kier molecular flexibility index (Phi) is 7.50. The summed E-state index contributed by atoms with van der Waals surface area (Å²) in [7, 11) is 0. The van der Waals surface area contributed by atoms with E-state index in [1.165, 1.54) is 0 Å². The van der Waals surface area contributed by atoms with E-state index >= 15 is 0 Å². The molecule has 1 aliphatic heterocycles. The Labute approximate surface area is 127 Å². The number of carboxylic acids is 1. The molecule has 21 heavy (non-hydrogen) atoms. The van der Waals surface area contributed by atoms with Crippen molar-refractivity contribution in [3.63, 3.8) is 0 Å². The molecule has 0 bridgehead atoms. The van der Waals surface area contributed by atoms with E-state index in [1.807, 2.05) is 11.8 Å². The van der Waals surface area contributed by atoms with Gasteiger partial charge in [0.25, 0.3) is 0 Å². The molecular formula is C15H29N3O3. The quantitative estimate of drug-likeness (QED) is 0.749. The van der Waals surface area contributed by atoms with Crippen molar-refractivity contribution in [1.82, 2.24) is 15.1 Å². The van der Waals surface area contributed by atoms with Gasteiger partial charge in [0, 0.05) is 45.2 Å². The lowest BCUT2D eigenvalue weighted by Crippen LogP contribution is -2.53. The molecule has 6 heteroatoms. The first-order valence-electron chi connectivity index (χ1n) is 7.88. The van der Waals surface area contributed by atoms with Crippen LogP contribution in [0.1, 0.15) is 40.0 Å². The summed E-state index contributed by atoms with van der Waals surface area (Å²) >= 11 is 0. The SMILES string of the molecule is CC(C)CN1CCN(C(=O)NC(C)CCCC(=O)O)CC1. The molecule has 0 aromatic rings. The molecule has 0 aromatic carbocycles. The van der Waals surface area contributed by atoms with E-state index < -0.39 is 5.97 Å². The van der Waals surface area contributed by atoms with E-state index in [0.29, 0.717) is 18.8 Å². The van der Waals surface area contributed by atoms with Crippen LogP contribution in [-0.2, 0) is 4.79 Å². The lowest BCUT2D eigenvalue weighted by molar-refractivity contribution is -0.137. The minimum absolute atomic E-state index is 0.0190. The highest BCUT2D eigenvalue weighted by molar-refractivity contribution is 5.74. The number of piperazine rings is 1. The van der Waals surface area contributed by atoms with Crippen LogP contribution in [0.4, 0.5) is 4.79 Å². The highest BCUT2D eigenvalue weighted by Crippen LogP contribution is 2.07. The summed E-state index contributed by atoms with van der Waals surface area (Å²) in [5, 5.41) is 11.6. The van der Waals surface area contributed by atoms with Crippen LogP contribution < -0.4 is 5.32 Å². The van der Waals surface area contributed by atoms with Crippen molar-refractivity contribution >= 4 is 12.0 Å². The van der Waals surface area contributed by atoms with E-state index in [-0.39, 0.29) is 18.5 Å². The van der Waals surface area contributed by atoms with Crippen LogP contribution in [0.3, 0.4) is 0 Å². The number of nitrogens with zero attached hydrogens (tertiary/aromatic N) is 2. The van der Waals surface area contributed by atoms with E-state index in [0.717, 1.165) is 32.7 Å². The first-order valence-corrected chi connectivity index (χ1v) is 7.88. The molecule has 122 valence electrons. The molecule has 6 nitrogen and oxygen atoms in total. The lowest BCUT2D eigenvalue weighted by atomic mass is 10.1. The van der Waals surface area contributed by atoms with E-state index in [2.05, 4.69) is 24.1 Å². The molecule has 1 heterocycles. The number of nitrogens with one attached hydrogen (secondary N) is 1. The van der Waals surface area contributed by atoms with Gasteiger partial charge in [-0.05, 0) is 25.7 Å². The molecule has 0 aliphatic carbocycles. The number of urea groups is 1. The summed E-state index contributed by atoms with van der Waals surface area (Å²) in [6.07, 6.45) is 1.46. The van der Waals surface area contributed by atoms with Gasteiger partial charge < -0.3 is 15.3 Å². The van der Waals surface area contributed by atoms with Gasteiger partial charge in [-0.1, -0.05) is 13.8 Å². The first-order chi connectivity index (χ1) is 9.88. The fourth-order valence-corrected chi connectivity index (χ4v) is 2.58.